The topological polar surface area (TPSA) is 28.7 Å². The van der Waals surface area contributed by atoms with Crippen LogP contribution in [0.2, 0.25) is 0 Å². The van der Waals surface area contributed by atoms with E-state index < -0.39 is 0 Å². The first-order valence-corrected chi connectivity index (χ1v) is 8.91. The highest BCUT2D eigenvalue weighted by Crippen LogP contribution is 2.29. The third-order valence-electron chi connectivity index (χ3n) is 3.46. The van der Waals surface area contributed by atoms with Crippen LogP contribution in [-0.2, 0) is 18.6 Å². The molecule has 0 saturated carbocycles. The molecule has 1 aliphatic carbocycles. The first-order chi connectivity index (χ1) is 9.74. The molecule has 1 aromatic carbocycles. The van der Waals surface area contributed by atoms with Crippen molar-refractivity contribution in [2.24, 2.45) is 0 Å². The zero-order chi connectivity index (χ0) is 13.9. The Bertz CT molecular complexity index is 682. The molecule has 1 aliphatic rings. The largest absolute Gasteiger partial charge is 0.346 e. The van der Waals surface area contributed by atoms with Gasteiger partial charge in [-0.2, -0.15) is 0 Å². The molecule has 1 heterocycles. The Balaban J connectivity index is 1.80. The van der Waals surface area contributed by atoms with Gasteiger partial charge in [-0.15, -0.1) is 11.8 Å². The van der Waals surface area contributed by atoms with Crippen LogP contribution in [0.25, 0.3) is 0 Å². The van der Waals surface area contributed by atoms with E-state index in [0.717, 1.165) is 33.5 Å². The van der Waals surface area contributed by atoms with E-state index >= 15 is 0 Å². The summed E-state index contributed by atoms with van der Waals surface area (Å²) in [5, 5.41) is 0. The van der Waals surface area contributed by atoms with Crippen molar-refractivity contribution in [3.63, 3.8) is 0 Å². The first kappa shape index (κ1) is 14.3. The summed E-state index contributed by atoms with van der Waals surface area (Å²) in [6.45, 7) is 0. The van der Waals surface area contributed by atoms with Crippen LogP contribution in [0.4, 0.5) is 0 Å². The lowest BCUT2D eigenvalue weighted by atomic mass is 9.97. The van der Waals surface area contributed by atoms with Crippen LogP contribution in [0, 0.1) is 4.64 Å². The first-order valence-electron chi connectivity index (χ1n) is 6.72. The number of benzene rings is 1. The van der Waals surface area contributed by atoms with Gasteiger partial charge in [0.2, 0.25) is 0 Å². The summed E-state index contributed by atoms with van der Waals surface area (Å²) in [6, 6.07) is 8.25. The second-order valence-corrected chi connectivity index (χ2v) is 7.13. The lowest BCUT2D eigenvalue weighted by Gasteiger charge is -2.16. The summed E-state index contributed by atoms with van der Waals surface area (Å²) < 4.78 is 1.92. The van der Waals surface area contributed by atoms with Crippen LogP contribution in [0.5, 0.6) is 0 Å². The number of halogens is 1. The molecule has 1 N–H and O–H groups in total. The van der Waals surface area contributed by atoms with Gasteiger partial charge in [-0.3, -0.25) is 0 Å². The fourth-order valence-electron chi connectivity index (χ4n) is 2.45. The van der Waals surface area contributed by atoms with Crippen LogP contribution >= 0.6 is 39.9 Å². The maximum atomic E-state index is 5.43. The number of rotatable bonds is 3. The van der Waals surface area contributed by atoms with Crippen molar-refractivity contribution >= 4 is 39.9 Å². The number of hydrogen-bond donors (Lipinski definition) is 1. The standard InChI is InChI=1S/C15H15BrN2S2/c16-11-6-2-4-8-13(11)20-9-14-17-12-7-3-1-5-10(12)15(19)18-14/h2,4,6,8H,1,3,5,7,9H2,(H,17,18,19). The number of aromatic amines is 1. The van der Waals surface area contributed by atoms with Crippen molar-refractivity contribution < 1.29 is 0 Å². The third kappa shape index (κ3) is 3.15. The van der Waals surface area contributed by atoms with Crippen molar-refractivity contribution in [1.29, 1.82) is 0 Å². The molecular weight excluding hydrogens is 352 g/mol. The summed E-state index contributed by atoms with van der Waals surface area (Å²) in [7, 11) is 0. The van der Waals surface area contributed by atoms with Crippen molar-refractivity contribution in [3.8, 4) is 0 Å². The van der Waals surface area contributed by atoms with Crippen molar-refractivity contribution in [1.82, 2.24) is 9.97 Å². The van der Waals surface area contributed by atoms with Crippen LogP contribution in [0.3, 0.4) is 0 Å². The fourth-order valence-corrected chi connectivity index (χ4v) is 4.22. The highest BCUT2D eigenvalue weighted by Gasteiger charge is 2.13. The monoisotopic (exact) mass is 366 g/mol. The maximum Gasteiger partial charge on any atom is 0.133 e. The average Bonchev–Trinajstić information content (AvgIpc) is 2.46. The summed E-state index contributed by atoms with van der Waals surface area (Å²) >= 11 is 10.8. The Morgan fingerprint density at radius 2 is 2.05 bits per heavy atom. The second-order valence-electron chi connectivity index (χ2n) is 4.87. The lowest BCUT2D eigenvalue weighted by Crippen LogP contribution is -2.09. The molecular formula is C15H15BrN2S2. The van der Waals surface area contributed by atoms with Gasteiger partial charge in [-0.25, -0.2) is 4.98 Å². The number of aromatic nitrogens is 2. The Morgan fingerprint density at radius 1 is 1.25 bits per heavy atom. The third-order valence-corrected chi connectivity index (χ3v) is 5.84. The molecule has 0 unspecified atom stereocenters. The van der Waals surface area contributed by atoms with E-state index in [9.17, 15) is 0 Å². The Hall–Kier alpha value is -0.650. The lowest BCUT2D eigenvalue weighted by molar-refractivity contribution is 0.655. The molecule has 0 aliphatic heterocycles. The van der Waals surface area contributed by atoms with Gasteiger partial charge >= 0.3 is 0 Å². The Morgan fingerprint density at radius 3 is 2.90 bits per heavy atom. The number of fused-ring (bicyclic) bond motifs is 1. The average molecular weight is 367 g/mol. The van der Waals surface area contributed by atoms with Gasteiger partial charge < -0.3 is 4.98 Å². The summed E-state index contributed by atoms with van der Waals surface area (Å²) in [6.07, 6.45) is 4.67. The van der Waals surface area contributed by atoms with Gasteiger partial charge in [0.1, 0.15) is 10.5 Å². The van der Waals surface area contributed by atoms with Crippen molar-refractivity contribution in [2.45, 2.75) is 36.3 Å². The molecule has 0 amide bonds. The van der Waals surface area contributed by atoms with E-state index in [1.165, 1.54) is 29.0 Å². The molecule has 2 aromatic rings. The zero-order valence-electron chi connectivity index (χ0n) is 11.0. The molecule has 1 aromatic heterocycles. The van der Waals surface area contributed by atoms with E-state index in [2.05, 4.69) is 44.1 Å². The van der Waals surface area contributed by atoms with Crippen LogP contribution in [-0.4, -0.2) is 9.97 Å². The van der Waals surface area contributed by atoms with Crippen LogP contribution in [0.15, 0.2) is 33.6 Å². The van der Waals surface area contributed by atoms with E-state index in [-0.39, 0.29) is 0 Å². The molecule has 3 rings (SSSR count). The van der Waals surface area contributed by atoms with Gasteiger partial charge in [-0.1, -0.05) is 24.4 Å². The summed E-state index contributed by atoms with van der Waals surface area (Å²) in [5.41, 5.74) is 2.57. The maximum absolute atomic E-state index is 5.43. The number of hydrogen-bond acceptors (Lipinski definition) is 3. The normalized spacial score (nSPS) is 14.1. The highest BCUT2D eigenvalue weighted by atomic mass is 79.9. The minimum Gasteiger partial charge on any atom is -0.346 e. The van der Waals surface area contributed by atoms with Crippen molar-refractivity contribution in [3.05, 3.63) is 50.5 Å². The molecule has 20 heavy (non-hydrogen) atoms. The van der Waals surface area contributed by atoms with Crippen molar-refractivity contribution in [2.75, 3.05) is 0 Å². The van der Waals surface area contributed by atoms with Crippen LogP contribution in [0.1, 0.15) is 29.9 Å². The molecule has 5 heteroatoms. The molecule has 0 saturated heterocycles. The van der Waals surface area contributed by atoms with E-state index in [0.29, 0.717) is 0 Å². The molecule has 0 bridgehead atoms. The zero-order valence-corrected chi connectivity index (χ0v) is 14.2. The Labute approximate surface area is 136 Å². The number of H-pyrrole nitrogens is 1. The van der Waals surface area contributed by atoms with E-state index in [4.69, 9.17) is 12.2 Å². The predicted octanol–water partition coefficient (Wildman–Crippen LogP) is 5.07. The fraction of sp³-hybridized carbons (Fsp3) is 0.333. The number of nitrogens with zero attached hydrogens (tertiary/aromatic N) is 1. The van der Waals surface area contributed by atoms with Crippen LogP contribution < -0.4 is 0 Å². The second kappa shape index (κ2) is 6.41. The van der Waals surface area contributed by atoms with Gasteiger partial charge in [0.05, 0.1) is 5.75 Å². The van der Waals surface area contributed by atoms with Gasteiger partial charge in [-0.05, 0) is 53.7 Å². The number of aryl methyl sites for hydroxylation is 1. The molecule has 2 nitrogen and oxygen atoms in total. The molecule has 0 atom stereocenters. The summed E-state index contributed by atoms with van der Waals surface area (Å²) in [5.74, 6) is 1.80. The minimum atomic E-state index is 0.793. The quantitative estimate of drug-likeness (QED) is 0.606. The molecule has 0 fully saturated rings. The number of nitrogens with one attached hydrogen (secondary N) is 1. The summed E-state index contributed by atoms with van der Waals surface area (Å²) in [4.78, 5) is 9.26. The predicted molar refractivity (Wildman–Crippen MR) is 89.8 cm³/mol. The smallest absolute Gasteiger partial charge is 0.133 e. The van der Waals surface area contributed by atoms with E-state index in [1.807, 2.05) is 6.07 Å². The number of thioether (sulfide) groups is 1. The van der Waals surface area contributed by atoms with Gasteiger partial charge in [0, 0.05) is 20.6 Å². The van der Waals surface area contributed by atoms with Gasteiger partial charge in [0.15, 0.2) is 0 Å². The SMILES string of the molecule is S=c1nc(CSc2ccccc2Br)[nH]c2c1CCCC2. The minimum absolute atomic E-state index is 0.793. The Kier molecular flexibility index (Phi) is 4.58. The molecule has 0 spiro atoms. The molecule has 104 valence electrons. The van der Waals surface area contributed by atoms with Gasteiger partial charge in [0.25, 0.3) is 0 Å². The van der Waals surface area contributed by atoms with E-state index in [1.54, 1.807) is 11.8 Å². The highest BCUT2D eigenvalue weighted by molar-refractivity contribution is 9.10. The molecule has 0 radical (unpaired) electrons.